The summed E-state index contributed by atoms with van der Waals surface area (Å²) in [6.07, 6.45) is 0. The molecular weight excluding hydrogens is 255 g/mol. The van der Waals surface area contributed by atoms with Crippen molar-refractivity contribution in [3.8, 4) is 5.75 Å². The Morgan fingerprint density at radius 1 is 1.15 bits per heavy atom. The monoisotopic (exact) mass is 272 g/mol. The predicted octanol–water partition coefficient (Wildman–Crippen LogP) is 3.98. The quantitative estimate of drug-likeness (QED) is 0.674. The summed E-state index contributed by atoms with van der Waals surface area (Å²) < 4.78 is 18.5. The van der Waals surface area contributed by atoms with Crippen molar-refractivity contribution in [3.63, 3.8) is 0 Å². The van der Waals surface area contributed by atoms with E-state index in [9.17, 15) is 4.39 Å². The van der Waals surface area contributed by atoms with Crippen molar-refractivity contribution in [2.24, 2.45) is 5.10 Å². The van der Waals surface area contributed by atoms with Crippen LogP contribution in [0.1, 0.15) is 18.1 Å². The van der Waals surface area contributed by atoms with Crippen molar-refractivity contribution in [3.05, 3.63) is 59.4 Å². The van der Waals surface area contributed by atoms with Crippen molar-refractivity contribution >= 4 is 11.4 Å². The maximum absolute atomic E-state index is 13.6. The van der Waals surface area contributed by atoms with E-state index in [1.54, 1.807) is 12.1 Å². The second kappa shape index (κ2) is 6.19. The molecule has 2 aromatic carbocycles. The van der Waals surface area contributed by atoms with E-state index in [0.717, 1.165) is 5.69 Å². The molecule has 0 aliphatic heterocycles. The van der Waals surface area contributed by atoms with Gasteiger partial charge in [0.1, 0.15) is 0 Å². The van der Waals surface area contributed by atoms with Crippen LogP contribution in [0.5, 0.6) is 5.75 Å². The summed E-state index contributed by atoms with van der Waals surface area (Å²) >= 11 is 0. The third kappa shape index (κ3) is 3.35. The summed E-state index contributed by atoms with van der Waals surface area (Å²) in [5, 5.41) is 4.25. The molecule has 4 heteroatoms. The highest BCUT2D eigenvalue weighted by Gasteiger charge is 2.05. The number of hydrogen-bond acceptors (Lipinski definition) is 3. The van der Waals surface area contributed by atoms with Crippen LogP contribution in [0, 0.1) is 12.7 Å². The lowest BCUT2D eigenvalue weighted by atomic mass is 10.1. The highest BCUT2D eigenvalue weighted by atomic mass is 19.1. The fourth-order valence-electron chi connectivity index (χ4n) is 1.73. The van der Waals surface area contributed by atoms with Crippen LogP contribution in [-0.2, 0) is 0 Å². The van der Waals surface area contributed by atoms with Gasteiger partial charge in [0, 0.05) is 5.56 Å². The number of halogens is 1. The molecule has 0 atom stereocenters. The third-order valence-electron chi connectivity index (χ3n) is 2.97. The standard InChI is InChI=1S/C16H17FN2O/c1-11-4-7-14(8-5-11)19-18-12(2)13-6-9-16(20-3)15(17)10-13/h4-10,19H,1-3H3/b18-12-. The van der Waals surface area contributed by atoms with E-state index in [2.05, 4.69) is 10.5 Å². The molecule has 0 aliphatic carbocycles. The van der Waals surface area contributed by atoms with Gasteiger partial charge < -0.3 is 4.74 Å². The molecule has 0 bridgehead atoms. The minimum atomic E-state index is -0.394. The minimum Gasteiger partial charge on any atom is -0.494 e. The number of methoxy groups -OCH3 is 1. The van der Waals surface area contributed by atoms with Gasteiger partial charge in [-0.3, -0.25) is 5.43 Å². The predicted molar refractivity (Wildman–Crippen MR) is 80.0 cm³/mol. The molecule has 0 aliphatic rings. The van der Waals surface area contributed by atoms with Gasteiger partial charge in [0.2, 0.25) is 0 Å². The lowest BCUT2D eigenvalue weighted by molar-refractivity contribution is 0.386. The zero-order chi connectivity index (χ0) is 14.5. The first-order valence-corrected chi connectivity index (χ1v) is 6.31. The zero-order valence-corrected chi connectivity index (χ0v) is 11.8. The van der Waals surface area contributed by atoms with Crippen LogP contribution in [0.4, 0.5) is 10.1 Å². The van der Waals surface area contributed by atoms with Gasteiger partial charge in [-0.05, 0) is 44.2 Å². The van der Waals surface area contributed by atoms with Crippen LogP contribution in [0.2, 0.25) is 0 Å². The Bertz CT molecular complexity index is 621. The number of anilines is 1. The summed E-state index contributed by atoms with van der Waals surface area (Å²) in [5.74, 6) is -0.164. The van der Waals surface area contributed by atoms with E-state index in [4.69, 9.17) is 4.74 Å². The molecule has 0 unspecified atom stereocenters. The number of hydrazone groups is 1. The molecule has 2 rings (SSSR count). The van der Waals surface area contributed by atoms with Gasteiger partial charge >= 0.3 is 0 Å². The molecule has 0 heterocycles. The molecule has 0 saturated heterocycles. The Morgan fingerprint density at radius 3 is 2.45 bits per heavy atom. The topological polar surface area (TPSA) is 33.6 Å². The van der Waals surface area contributed by atoms with Gasteiger partial charge in [-0.15, -0.1) is 0 Å². The molecule has 2 aromatic rings. The molecule has 20 heavy (non-hydrogen) atoms. The second-order valence-electron chi connectivity index (χ2n) is 4.52. The van der Waals surface area contributed by atoms with E-state index >= 15 is 0 Å². The summed E-state index contributed by atoms with van der Waals surface area (Å²) in [6.45, 7) is 3.85. The van der Waals surface area contributed by atoms with Crippen LogP contribution in [0.3, 0.4) is 0 Å². The summed E-state index contributed by atoms with van der Waals surface area (Å²) in [7, 11) is 1.44. The fraction of sp³-hybridized carbons (Fsp3) is 0.188. The molecule has 0 amide bonds. The number of ether oxygens (including phenoxy) is 1. The Morgan fingerprint density at radius 2 is 1.85 bits per heavy atom. The van der Waals surface area contributed by atoms with Crippen LogP contribution in [0.15, 0.2) is 47.6 Å². The Balaban J connectivity index is 2.14. The highest BCUT2D eigenvalue weighted by molar-refractivity contribution is 5.99. The van der Waals surface area contributed by atoms with Crippen molar-refractivity contribution in [2.45, 2.75) is 13.8 Å². The highest BCUT2D eigenvalue weighted by Crippen LogP contribution is 2.18. The summed E-state index contributed by atoms with van der Waals surface area (Å²) in [6, 6.07) is 12.7. The van der Waals surface area contributed by atoms with Crippen LogP contribution in [-0.4, -0.2) is 12.8 Å². The number of aryl methyl sites for hydroxylation is 1. The van der Waals surface area contributed by atoms with Gasteiger partial charge in [-0.25, -0.2) is 4.39 Å². The number of nitrogens with zero attached hydrogens (tertiary/aromatic N) is 1. The molecule has 104 valence electrons. The molecule has 0 saturated carbocycles. The lowest BCUT2D eigenvalue weighted by Gasteiger charge is -2.06. The second-order valence-corrected chi connectivity index (χ2v) is 4.52. The van der Waals surface area contributed by atoms with E-state index < -0.39 is 5.82 Å². The Labute approximate surface area is 118 Å². The van der Waals surface area contributed by atoms with Crippen molar-refractivity contribution in [1.29, 1.82) is 0 Å². The Hall–Kier alpha value is -2.36. The fourth-order valence-corrected chi connectivity index (χ4v) is 1.73. The van der Waals surface area contributed by atoms with Gasteiger partial charge in [0.05, 0.1) is 18.5 Å². The molecule has 0 aromatic heterocycles. The van der Waals surface area contributed by atoms with Crippen LogP contribution < -0.4 is 10.2 Å². The van der Waals surface area contributed by atoms with Gasteiger partial charge in [-0.2, -0.15) is 5.10 Å². The van der Waals surface area contributed by atoms with Crippen molar-refractivity contribution < 1.29 is 9.13 Å². The number of nitrogens with one attached hydrogen (secondary N) is 1. The van der Waals surface area contributed by atoms with E-state index in [1.807, 2.05) is 38.1 Å². The molecule has 1 N–H and O–H groups in total. The molecule has 3 nitrogen and oxygen atoms in total. The number of benzene rings is 2. The van der Waals surface area contributed by atoms with Gasteiger partial charge in [-0.1, -0.05) is 17.7 Å². The largest absolute Gasteiger partial charge is 0.494 e. The molecular formula is C16H17FN2O. The minimum absolute atomic E-state index is 0.230. The van der Waals surface area contributed by atoms with E-state index in [1.165, 1.54) is 18.7 Å². The molecule has 0 spiro atoms. The zero-order valence-electron chi connectivity index (χ0n) is 11.8. The summed E-state index contributed by atoms with van der Waals surface area (Å²) in [5.41, 5.74) is 6.45. The Kier molecular flexibility index (Phi) is 4.35. The van der Waals surface area contributed by atoms with E-state index in [-0.39, 0.29) is 5.75 Å². The van der Waals surface area contributed by atoms with Crippen molar-refractivity contribution in [2.75, 3.05) is 12.5 Å². The number of hydrogen-bond donors (Lipinski definition) is 1. The SMILES string of the molecule is COc1ccc(/C(C)=N\Nc2ccc(C)cc2)cc1F. The van der Waals surface area contributed by atoms with Gasteiger partial charge in [0.25, 0.3) is 0 Å². The van der Waals surface area contributed by atoms with Crippen LogP contribution >= 0.6 is 0 Å². The normalized spacial score (nSPS) is 11.3. The van der Waals surface area contributed by atoms with Crippen LogP contribution in [0.25, 0.3) is 0 Å². The smallest absolute Gasteiger partial charge is 0.165 e. The lowest BCUT2D eigenvalue weighted by Crippen LogP contribution is -2.01. The summed E-state index contributed by atoms with van der Waals surface area (Å²) in [4.78, 5) is 0. The average Bonchev–Trinajstić information content (AvgIpc) is 2.46. The average molecular weight is 272 g/mol. The number of rotatable bonds is 4. The maximum atomic E-state index is 13.6. The third-order valence-corrected chi connectivity index (χ3v) is 2.97. The van der Waals surface area contributed by atoms with Gasteiger partial charge in [0.15, 0.2) is 11.6 Å². The first-order valence-electron chi connectivity index (χ1n) is 6.31. The first-order chi connectivity index (χ1) is 9.60. The van der Waals surface area contributed by atoms with E-state index in [0.29, 0.717) is 11.3 Å². The maximum Gasteiger partial charge on any atom is 0.165 e. The molecule has 0 radical (unpaired) electrons. The first kappa shape index (κ1) is 14.1. The molecule has 0 fully saturated rings. The van der Waals surface area contributed by atoms with Crippen molar-refractivity contribution in [1.82, 2.24) is 0 Å².